The Bertz CT molecular complexity index is 914. The number of carbonyl (C=O) groups is 2. The molecular formula is C27H39N3O2. The van der Waals surface area contributed by atoms with Crippen LogP contribution in [0.3, 0.4) is 0 Å². The molecule has 0 aliphatic heterocycles. The van der Waals surface area contributed by atoms with Gasteiger partial charge in [0.1, 0.15) is 0 Å². The number of benzene rings is 2. The number of carbonyl (C=O) groups excluding carboxylic acids is 2. The molecule has 5 heteroatoms. The Labute approximate surface area is 193 Å². The van der Waals surface area contributed by atoms with Crippen LogP contribution in [0.1, 0.15) is 65.1 Å². The predicted octanol–water partition coefficient (Wildman–Crippen LogP) is 5.87. The van der Waals surface area contributed by atoms with Crippen molar-refractivity contribution < 1.29 is 9.59 Å². The molecule has 0 saturated heterocycles. The molecule has 2 aromatic rings. The van der Waals surface area contributed by atoms with Gasteiger partial charge >= 0.3 is 0 Å². The Kier molecular flexibility index (Phi) is 8.48. The summed E-state index contributed by atoms with van der Waals surface area (Å²) in [6.45, 7) is 12.5. The number of anilines is 2. The summed E-state index contributed by atoms with van der Waals surface area (Å²) in [5.74, 6) is -0.00279. The van der Waals surface area contributed by atoms with Gasteiger partial charge in [0.05, 0.1) is 6.04 Å². The molecule has 0 fully saturated rings. The fourth-order valence-electron chi connectivity index (χ4n) is 3.60. The van der Waals surface area contributed by atoms with Crippen molar-refractivity contribution in [1.82, 2.24) is 4.90 Å². The summed E-state index contributed by atoms with van der Waals surface area (Å²) >= 11 is 0. The van der Waals surface area contributed by atoms with Gasteiger partial charge in [-0.2, -0.15) is 0 Å². The summed E-state index contributed by atoms with van der Waals surface area (Å²) in [7, 11) is 3.99. The van der Waals surface area contributed by atoms with Gasteiger partial charge in [-0.05, 0) is 41.7 Å². The maximum atomic E-state index is 13.5. The molecule has 32 heavy (non-hydrogen) atoms. The van der Waals surface area contributed by atoms with E-state index in [1.165, 1.54) is 0 Å². The number of hydrogen-bond acceptors (Lipinski definition) is 3. The lowest BCUT2D eigenvalue weighted by Gasteiger charge is -2.33. The van der Waals surface area contributed by atoms with Crippen LogP contribution >= 0.6 is 0 Å². The Morgan fingerprint density at radius 1 is 0.969 bits per heavy atom. The molecule has 0 spiro atoms. The summed E-state index contributed by atoms with van der Waals surface area (Å²) in [4.78, 5) is 29.7. The smallest absolute Gasteiger partial charge is 0.226 e. The van der Waals surface area contributed by atoms with Gasteiger partial charge in [0, 0.05) is 44.4 Å². The summed E-state index contributed by atoms with van der Waals surface area (Å²) in [6.07, 6.45) is 0.464. The molecule has 0 saturated carbocycles. The zero-order valence-corrected chi connectivity index (χ0v) is 20.9. The quantitative estimate of drug-likeness (QED) is 0.562. The van der Waals surface area contributed by atoms with E-state index in [0.29, 0.717) is 13.0 Å². The van der Waals surface area contributed by atoms with Crippen LogP contribution in [-0.4, -0.2) is 30.8 Å². The number of nitrogens with one attached hydrogen (secondary N) is 1. The minimum absolute atomic E-state index is 0.0214. The lowest BCUT2D eigenvalue weighted by atomic mass is 9.91. The molecule has 5 nitrogen and oxygen atoms in total. The van der Waals surface area contributed by atoms with E-state index in [2.05, 4.69) is 45.1 Å². The van der Waals surface area contributed by atoms with Crippen LogP contribution in [0.2, 0.25) is 0 Å². The van der Waals surface area contributed by atoms with Crippen molar-refractivity contribution in [2.75, 3.05) is 24.3 Å². The van der Waals surface area contributed by atoms with E-state index in [0.717, 1.165) is 22.5 Å². The molecule has 1 atom stereocenters. The Morgan fingerprint density at radius 3 is 2.12 bits per heavy atom. The van der Waals surface area contributed by atoms with E-state index in [-0.39, 0.29) is 29.2 Å². The average molecular weight is 438 g/mol. The Balaban J connectivity index is 2.45. The fraction of sp³-hybridized carbons (Fsp3) is 0.481. The number of nitrogens with zero attached hydrogens (tertiary/aromatic N) is 2. The first kappa shape index (κ1) is 25.4. The van der Waals surface area contributed by atoms with Crippen LogP contribution in [-0.2, 0) is 16.1 Å². The molecule has 0 aromatic heterocycles. The summed E-state index contributed by atoms with van der Waals surface area (Å²) in [6, 6.07) is 16.0. The van der Waals surface area contributed by atoms with Crippen molar-refractivity contribution in [2.24, 2.45) is 11.3 Å². The highest BCUT2D eigenvalue weighted by atomic mass is 16.2. The van der Waals surface area contributed by atoms with Gasteiger partial charge in [-0.3, -0.25) is 9.59 Å². The van der Waals surface area contributed by atoms with Crippen molar-refractivity contribution in [2.45, 2.75) is 60.5 Å². The first-order valence-electron chi connectivity index (χ1n) is 11.3. The van der Waals surface area contributed by atoms with Crippen LogP contribution in [0, 0.1) is 11.3 Å². The molecule has 0 bridgehead atoms. The Morgan fingerprint density at radius 2 is 1.59 bits per heavy atom. The molecule has 1 N–H and O–H groups in total. The maximum absolute atomic E-state index is 13.5. The minimum atomic E-state index is -0.108. The largest absolute Gasteiger partial charge is 0.377 e. The first-order chi connectivity index (χ1) is 14.9. The first-order valence-corrected chi connectivity index (χ1v) is 11.3. The zero-order valence-electron chi connectivity index (χ0n) is 20.9. The van der Waals surface area contributed by atoms with Crippen LogP contribution in [0.5, 0.6) is 0 Å². The van der Waals surface area contributed by atoms with Gasteiger partial charge in [0.25, 0.3) is 0 Å². The van der Waals surface area contributed by atoms with Crippen molar-refractivity contribution in [3.05, 3.63) is 59.7 Å². The molecule has 2 aromatic carbocycles. The third kappa shape index (κ3) is 7.11. The van der Waals surface area contributed by atoms with Crippen LogP contribution in [0.15, 0.2) is 48.5 Å². The van der Waals surface area contributed by atoms with E-state index in [4.69, 9.17) is 0 Å². The van der Waals surface area contributed by atoms with Gasteiger partial charge < -0.3 is 15.1 Å². The molecule has 0 radical (unpaired) electrons. The van der Waals surface area contributed by atoms with E-state index >= 15 is 0 Å². The SMILES string of the molecule is CC(C)C(=O)Nc1ccc(N(C)C)c(CN(C(=O)CC(C)(C)C)[C@H](C)c2ccccc2)c1. The summed E-state index contributed by atoms with van der Waals surface area (Å²) in [5.41, 5.74) is 3.77. The van der Waals surface area contributed by atoms with Crippen molar-refractivity contribution in [3.63, 3.8) is 0 Å². The molecule has 0 aliphatic carbocycles. The van der Waals surface area contributed by atoms with E-state index in [1.54, 1.807) is 0 Å². The van der Waals surface area contributed by atoms with Gasteiger partial charge in [-0.25, -0.2) is 0 Å². The summed E-state index contributed by atoms with van der Waals surface area (Å²) in [5, 5.41) is 2.99. The number of amides is 2. The Hall–Kier alpha value is -2.82. The highest BCUT2D eigenvalue weighted by molar-refractivity contribution is 5.92. The second kappa shape index (κ2) is 10.7. The van der Waals surface area contributed by atoms with E-state index in [9.17, 15) is 9.59 Å². The van der Waals surface area contributed by atoms with Crippen molar-refractivity contribution in [3.8, 4) is 0 Å². The van der Waals surface area contributed by atoms with Gasteiger partial charge in [0.15, 0.2) is 0 Å². The summed E-state index contributed by atoms with van der Waals surface area (Å²) < 4.78 is 0. The molecule has 2 rings (SSSR count). The van der Waals surface area contributed by atoms with Crippen LogP contribution < -0.4 is 10.2 Å². The second-order valence-electron chi connectivity index (χ2n) is 10.2. The van der Waals surface area contributed by atoms with Gasteiger partial charge in [0.2, 0.25) is 11.8 Å². The average Bonchev–Trinajstić information content (AvgIpc) is 2.70. The number of hydrogen-bond donors (Lipinski definition) is 1. The maximum Gasteiger partial charge on any atom is 0.226 e. The fourth-order valence-corrected chi connectivity index (χ4v) is 3.60. The zero-order chi connectivity index (χ0) is 24.1. The standard InChI is InChI=1S/C27H39N3O2/c1-19(2)26(32)28-23-14-15-24(29(7)8)22(16-23)18-30(25(31)17-27(4,5)6)20(3)21-12-10-9-11-13-21/h9-16,19-20H,17-18H2,1-8H3,(H,28,32)/t20-/m1/s1. The number of rotatable bonds is 8. The lowest BCUT2D eigenvalue weighted by Crippen LogP contribution is -2.35. The third-order valence-corrected chi connectivity index (χ3v) is 5.45. The van der Waals surface area contributed by atoms with Crippen molar-refractivity contribution in [1.29, 1.82) is 0 Å². The van der Waals surface area contributed by atoms with Gasteiger partial charge in [-0.15, -0.1) is 0 Å². The third-order valence-electron chi connectivity index (χ3n) is 5.45. The second-order valence-corrected chi connectivity index (χ2v) is 10.2. The van der Waals surface area contributed by atoms with Crippen LogP contribution in [0.4, 0.5) is 11.4 Å². The molecule has 0 aliphatic rings. The highest BCUT2D eigenvalue weighted by Crippen LogP contribution is 2.31. The normalized spacial score (nSPS) is 12.4. The molecule has 2 amide bonds. The van der Waals surface area contributed by atoms with Gasteiger partial charge in [-0.1, -0.05) is 65.0 Å². The minimum Gasteiger partial charge on any atom is -0.377 e. The highest BCUT2D eigenvalue weighted by Gasteiger charge is 2.27. The monoisotopic (exact) mass is 437 g/mol. The topological polar surface area (TPSA) is 52.7 Å². The molecular weight excluding hydrogens is 398 g/mol. The molecule has 174 valence electrons. The van der Waals surface area contributed by atoms with Crippen molar-refractivity contribution >= 4 is 23.2 Å². The predicted molar refractivity (Wildman–Crippen MR) is 134 cm³/mol. The van der Waals surface area contributed by atoms with E-state index in [1.807, 2.05) is 74.1 Å². The molecule has 0 unspecified atom stereocenters. The van der Waals surface area contributed by atoms with Crippen LogP contribution in [0.25, 0.3) is 0 Å². The lowest BCUT2D eigenvalue weighted by molar-refractivity contribution is -0.136. The van der Waals surface area contributed by atoms with E-state index < -0.39 is 0 Å². The molecule has 0 heterocycles.